The van der Waals surface area contributed by atoms with E-state index >= 15 is 0 Å². The molecule has 1 unspecified atom stereocenters. The van der Waals surface area contributed by atoms with Gasteiger partial charge in [0.15, 0.2) is 23.8 Å². The molecule has 1 aliphatic heterocycles. The molecule has 3 heterocycles. The number of nitriles is 1. The number of hydrogen-bond donors (Lipinski definition) is 0. The van der Waals surface area contributed by atoms with Crippen LogP contribution in [0.2, 0.25) is 0 Å². The summed E-state index contributed by atoms with van der Waals surface area (Å²) < 4.78 is 12.9. The lowest BCUT2D eigenvalue weighted by Crippen LogP contribution is -2.42. The van der Waals surface area contributed by atoms with E-state index in [1.807, 2.05) is 33.7 Å². The Morgan fingerprint density at radius 2 is 2.17 bits per heavy atom. The molecular weight excluding hydrogens is 370 g/mol. The van der Waals surface area contributed by atoms with Crippen LogP contribution >= 0.6 is 0 Å². The van der Waals surface area contributed by atoms with Gasteiger partial charge in [-0.15, -0.1) is 10.2 Å². The van der Waals surface area contributed by atoms with E-state index in [0.717, 1.165) is 24.3 Å². The first-order valence-electron chi connectivity index (χ1n) is 9.48. The highest BCUT2D eigenvalue weighted by Crippen LogP contribution is 2.29. The van der Waals surface area contributed by atoms with Crippen molar-refractivity contribution in [3.8, 4) is 17.6 Å². The molecule has 0 spiro atoms. The second kappa shape index (κ2) is 8.19. The van der Waals surface area contributed by atoms with Gasteiger partial charge in [0.1, 0.15) is 5.82 Å². The number of carbonyl (C=O) groups excluding carboxylic acids is 1. The van der Waals surface area contributed by atoms with Crippen LogP contribution in [0.4, 0.5) is 0 Å². The lowest BCUT2D eigenvalue weighted by Gasteiger charge is -2.32. The second-order valence-electron chi connectivity index (χ2n) is 6.93. The molecule has 0 aliphatic carbocycles. The van der Waals surface area contributed by atoms with Crippen molar-refractivity contribution in [2.24, 2.45) is 0 Å². The van der Waals surface area contributed by atoms with Crippen LogP contribution in [0.1, 0.15) is 30.1 Å². The molecule has 3 aromatic rings. The molecule has 1 atom stereocenters. The van der Waals surface area contributed by atoms with Crippen molar-refractivity contribution in [3.63, 3.8) is 0 Å². The Morgan fingerprint density at radius 1 is 1.28 bits per heavy atom. The van der Waals surface area contributed by atoms with E-state index in [1.165, 1.54) is 7.11 Å². The van der Waals surface area contributed by atoms with Crippen LogP contribution in [0.5, 0.6) is 11.5 Å². The minimum atomic E-state index is -0.0880. The minimum absolute atomic E-state index is 0.0877. The van der Waals surface area contributed by atoms with Crippen LogP contribution in [-0.4, -0.2) is 52.2 Å². The third kappa shape index (κ3) is 3.85. The Bertz CT molecular complexity index is 1070. The Balaban J connectivity index is 1.42. The molecule has 1 amide bonds. The molecule has 1 fully saturated rings. The maximum atomic E-state index is 12.7. The van der Waals surface area contributed by atoms with Crippen LogP contribution in [0.15, 0.2) is 42.6 Å². The van der Waals surface area contributed by atoms with E-state index in [1.54, 1.807) is 18.2 Å². The van der Waals surface area contributed by atoms with Crippen LogP contribution in [0.3, 0.4) is 0 Å². The molecule has 0 saturated carbocycles. The Kier molecular flexibility index (Phi) is 5.29. The Labute approximate surface area is 168 Å². The van der Waals surface area contributed by atoms with Crippen molar-refractivity contribution in [3.05, 3.63) is 54.0 Å². The summed E-state index contributed by atoms with van der Waals surface area (Å²) in [6.45, 7) is 1.19. The van der Waals surface area contributed by atoms with Crippen molar-refractivity contribution in [1.82, 2.24) is 19.5 Å². The van der Waals surface area contributed by atoms with Gasteiger partial charge in [0.05, 0.1) is 18.7 Å². The van der Waals surface area contributed by atoms with Crippen molar-refractivity contribution < 1.29 is 14.3 Å². The van der Waals surface area contributed by atoms with E-state index in [2.05, 4.69) is 16.3 Å². The zero-order valence-corrected chi connectivity index (χ0v) is 16.1. The van der Waals surface area contributed by atoms with E-state index < -0.39 is 0 Å². The predicted octanol–water partition coefficient (Wildman–Crippen LogP) is 2.39. The first kappa shape index (κ1) is 18.7. The van der Waals surface area contributed by atoms with Crippen molar-refractivity contribution in [2.45, 2.75) is 18.8 Å². The quantitative estimate of drug-likeness (QED) is 0.663. The van der Waals surface area contributed by atoms with Crippen LogP contribution in [0.25, 0.3) is 5.65 Å². The smallest absolute Gasteiger partial charge is 0.260 e. The first-order chi connectivity index (χ1) is 14.2. The number of rotatable bonds is 5. The molecule has 8 nitrogen and oxygen atoms in total. The molecule has 1 aliphatic rings. The van der Waals surface area contributed by atoms with Gasteiger partial charge in [0, 0.05) is 31.3 Å². The van der Waals surface area contributed by atoms with Crippen LogP contribution in [-0.2, 0) is 4.79 Å². The van der Waals surface area contributed by atoms with Gasteiger partial charge in [-0.1, -0.05) is 6.07 Å². The van der Waals surface area contributed by atoms with Gasteiger partial charge >= 0.3 is 0 Å². The normalized spacial score (nSPS) is 16.4. The highest BCUT2D eigenvalue weighted by molar-refractivity contribution is 5.78. The van der Waals surface area contributed by atoms with Gasteiger partial charge in [-0.05, 0) is 37.1 Å². The van der Waals surface area contributed by atoms with Crippen LogP contribution in [0, 0.1) is 11.3 Å². The van der Waals surface area contributed by atoms with Crippen LogP contribution < -0.4 is 9.47 Å². The Morgan fingerprint density at radius 3 is 3.00 bits per heavy atom. The number of pyridine rings is 1. The predicted molar refractivity (Wildman–Crippen MR) is 105 cm³/mol. The summed E-state index contributed by atoms with van der Waals surface area (Å²) in [7, 11) is 1.50. The minimum Gasteiger partial charge on any atom is -0.493 e. The molecular formula is C21H21N5O3. The Hall–Kier alpha value is -3.60. The molecule has 29 heavy (non-hydrogen) atoms. The number of fused-ring (bicyclic) bond motifs is 1. The van der Waals surface area contributed by atoms with E-state index in [-0.39, 0.29) is 18.4 Å². The number of nitrogens with zero attached hydrogens (tertiary/aromatic N) is 5. The number of methoxy groups -OCH3 is 1. The van der Waals surface area contributed by atoms with Gasteiger partial charge in [0.25, 0.3) is 5.91 Å². The third-order valence-electron chi connectivity index (χ3n) is 5.12. The second-order valence-corrected chi connectivity index (χ2v) is 6.93. The summed E-state index contributed by atoms with van der Waals surface area (Å²) in [5.74, 6) is 1.80. The van der Waals surface area contributed by atoms with Crippen molar-refractivity contribution in [2.75, 3.05) is 26.8 Å². The largest absolute Gasteiger partial charge is 0.493 e. The number of benzene rings is 1. The third-order valence-corrected chi connectivity index (χ3v) is 5.12. The summed E-state index contributed by atoms with van der Waals surface area (Å²) >= 11 is 0. The highest BCUT2D eigenvalue weighted by atomic mass is 16.5. The maximum absolute atomic E-state index is 12.7. The van der Waals surface area contributed by atoms with Gasteiger partial charge < -0.3 is 14.4 Å². The molecule has 8 heteroatoms. The molecule has 148 valence electrons. The average molecular weight is 391 g/mol. The monoisotopic (exact) mass is 391 g/mol. The van der Waals surface area contributed by atoms with Crippen molar-refractivity contribution in [1.29, 1.82) is 5.26 Å². The topological polar surface area (TPSA) is 92.8 Å². The SMILES string of the molecule is COc1cc(C#N)ccc1OCC(=O)N1CCCC(c2nnc3ccccn23)C1. The fourth-order valence-corrected chi connectivity index (χ4v) is 3.64. The van der Waals surface area contributed by atoms with Crippen molar-refractivity contribution >= 4 is 11.6 Å². The van der Waals surface area contributed by atoms with Gasteiger partial charge in [-0.3, -0.25) is 9.20 Å². The number of piperidine rings is 1. The summed E-state index contributed by atoms with van der Waals surface area (Å²) in [6.07, 6.45) is 3.81. The van der Waals surface area contributed by atoms with E-state index in [9.17, 15) is 4.79 Å². The van der Waals surface area contributed by atoms with Gasteiger partial charge in [0.2, 0.25) is 0 Å². The van der Waals surface area contributed by atoms with E-state index in [0.29, 0.717) is 30.2 Å². The molecule has 0 N–H and O–H groups in total. The highest BCUT2D eigenvalue weighted by Gasteiger charge is 2.28. The number of carbonyl (C=O) groups is 1. The molecule has 1 saturated heterocycles. The molecule has 2 aromatic heterocycles. The lowest BCUT2D eigenvalue weighted by atomic mass is 9.97. The molecule has 4 rings (SSSR count). The van der Waals surface area contributed by atoms with Gasteiger partial charge in [-0.2, -0.15) is 5.26 Å². The van der Waals surface area contributed by atoms with Gasteiger partial charge in [-0.25, -0.2) is 0 Å². The number of hydrogen-bond acceptors (Lipinski definition) is 6. The van der Waals surface area contributed by atoms with E-state index in [4.69, 9.17) is 14.7 Å². The summed E-state index contributed by atoms with van der Waals surface area (Å²) in [4.78, 5) is 14.6. The number of amides is 1. The number of ether oxygens (including phenoxy) is 2. The summed E-state index contributed by atoms with van der Waals surface area (Å²) in [6, 6.07) is 12.7. The molecule has 1 aromatic carbocycles. The summed E-state index contributed by atoms with van der Waals surface area (Å²) in [5, 5.41) is 17.6. The maximum Gasteiger partial charge on any atom is 0.260 e. The average Bonchev–Trinajstić information content (AvgIpc) is 3.21. The fourth-order valence-electron chi connectivity index (χ4n) is 3.64. The number of likely N-dealkylation sites (tertiary alicyclic amines) is 1. The zero-order valence-electron chi connectivity index (χ0n) is 16.1. The number of aromatic nitrogens is 3. The fraction of sp³-hybridized carbons (Fsp3) is 0.333. The lowest BCUT2D eigenvalue weighted by molar-refractivity contribution is -0.134. The summed E-state index contributed by atoms with van der Waals surface area (Å²) in [5.41, 5.74) is 1.28. The molecule has 0 radical (unpaired) electrons. The standard InChI is InChI=1S/C21H21N5O3/c1-28-18-11-15(12-22)7-8-17(18)29-14-20(27)25-9-4-5-16(13-25)21-24-23-19-6-2-3-10-26(19)21/h2-3,6-8,10-11,16H,4-5,9,13-14H2,1H3. The molecule has 0 bridgehead atoms. The zero-order chi connectivity index (χ0) is 20.2. The first-order valence-corrected chi connectivity index (χ1v) is 9.48.